The van der Waals surface area contributed by atoms with E-state index in [-0.39, 0.29) is 4.90 Å². The first-order valence-corrected chi connectivity index (χ1v) is 7.69. The van der Waals surface area contributed by atoms with Gasteiger partial charge in [-0.3, -0.25) is 0 Å². The average molecular weight is 336 g/mol. The van der Waals surface area contributed by atoms with E-state index in [0.29, 0.717) is 12.1 Å². The predicted octanol–water partition coefficient (Wildman–Crippen LogP) is 1.23. The molecule has 0 saturated carbocycles. The van der Waals surface area contributed by atoms with Crippen LogP contribution < -0.4 is 10.1 Å². The summed E-state index contributed by atoms with van der Waals surface area (Å²) in [6, 6.07) is 3.60. The molecule has 0 aromatic heterocycles. The Kier molecular flexibility index (Phi) is 5.30. The van der Waals surface area contributed by atoms with Crippen LogP contribution in [0, 0.1) is 6.92 Å². The fraction of sp³-hybridized carbons (Fsp3) is 0.455. The molecule has 0 spiro atoms. The van der Waals surface area contributed by atoms with Crippen molar-refractivity contribution in [2.45, 2.75) is 18.4 Å². The largest absolute Gasteiger partial charge is 0.316 e. The maximum Gasteiger partial charge on any atom is 0.253 e. The number of rotatable bonds is 5. The van der Waals surface area contributed by atoms with Crippen molar-refractivity contribution in [3.63, 3.8) is 0 Å². The minimum Gasteiger partial charge on any atom is -0.316 e. The van der Waals surface area contributed by atoms with Crippen molar-refractivity contribution in [1.82, 2.24) is 15.2 Å². The Morgan fingerprint density at radius 2 is 1.94 bits per heavy atom. The summed E-state index contributed by atoms with van der Waals surface area (Å²) >= 11 is 3.39. The Hall–Kier alpha value is -0.470. The van der Waals surface area contributed by atoms with Gasteiger partial charge in [-0.1, -0.05) is 15.9 Å². The van der Waals surface area contributed by atoms with Crippen LogP contribution in [0.4, 0.5) is 0 Å². The monoisotopic (exact) mass is 335 g/mol. The molecule has 0 aliphatic carbocycles. The number of halogens is 1. The molecule has 0 aliphatic heterocycles. The molecule has 0 heterocycles. The summed E-state index contributed by atoms with van der Waals surface area (Å²) in [7, 11) is 1.56. The van der Waals surface area contributed by atoms with E-state index in [2.05, 4.69) is 26.1 Å². The van der Waals surface area contributed by atoms with Gasteiger partial charge in [0, 0.05) is 25.1 Å². The molecule has 0 amide bonds. The van der Waals surface area contributed by atoms with Crippen molar-refractivity contribution in [2.75, 3.05) is 21.1 Å². The fourth-order valence-corrected chi connectivity index (χ4v) is 3.62. The molecule has 7 heteroatoms. The molecular weight excluding hydrogens is 318 g/mol. The molecule has 0 aliphatic rings. The molecule has 5 nitrogen and oxygen atoms in total. The predicted molar refractivity (Wildman–Crippen MR) is 75.7 cm³/mol. The maximum absolute atomic E-state index is 12.2. The van der Waals surface area contributed by atoms with Gasteiger partial charge in [-0.25, -0.2) is 13.4 Å². The van der Waals surface area contributed by atoms with E-state index >= 15 is 0 Å². The van der Waals surface area contributed by atoms with Crippen molar-refractivity contribution in [1.29, 1.82) is 0 Å². The number of nitrogens with zero attached hydrogens (tertiary/aromatic N) is 1. The molecule has 1 aromatic carbocycles. The van der Waals surface area contributed by atoms with E-state index in [1.165, 1.54) is 5.01 Å². The fourth-order valence-electron chi connectivity index (χ4n) is 1.58. The summed E-state index contributed by atoms with van der Waals surface area (Å²) in [6.45, 7) is 2.39. The van der Waals surface area contributed by atoms with Crippen LogP contribution in [0.15, 0.2) is 21.5 Å². The first-order valence-electron chi connectivity index (χ1n) is 5.41. The average Bonchev–Trinajstić information content (AvgIpc) is 2.21. The maximum atomic E-state index is 12.2. The molecule has 0 radical (unpaired) electrons. The molecule has 0 saturated heterocycles. The van der Waals surface area contributed by atoms with Crippen molar-refractivity contribution < 1.29 is 8.42 Å². The highest BCUT2D eigenvalue weighted by molar-refractivity contribution is 9.10. The molecule has 0 unspecified atom stereocenters. The van der Waals surface area contributed by atoms with Gasteiger partial charge in [0.2, 0.25) is 0 Å². The third-order valence-corrected chi connectivity index (χ3v) is 4.76. The normalized spacial score (nSPS) is 12.1. The van der Waals surface area contributed by atoms with Crippen LogP contribution in [-0.4, -0.2) is 34.6 Å². The lowest BCUT2D eigenvalue weighted by atomic mass is 10.1. The summed E-state index contributed by atoms with van der Waals surface area (Å²) in [5.41, 5.74) is 1.61. The van der Waals surface area contributed by atoms with Gasteiger partial charge < -0.3 is 5.32 Å². The Labute approximate surface area is 117 Å². The topological polar surface area (TPSA) is 61.4 Å². The van der Waals surface area contributed by atoms with E-state index in [9.17, 15) is 8.42 Å². The van der Waals surface area contributed by atoms with Crippen molar-refractivity contribution in [3.8, 4) is 0 Å². The standard InChI is InChI=1S/C11H18BrN3O2S/c1-8-10(12)5-9(7-13-2)6-11(8)18(16,17)14-15(3)4/h5-6,13-14H,7H2,1-4H3. The van der Waals surface area contributed by atoms with E-state index in [1.54, 1.807) is 27.1 Å². The lowest BCUT2D eigenvalue weighted by Crippen LogP contribution is -2.36. The first-order chi connectivity index (χ1) is 8.27. The van der Waals surface area contributed by atoms with Gasteiger partial charge in [0.15, 0.2) is 0 Å². The van der Waals surface area contributed by atoms with Crippen LogP contribution in [0.5, 0.6) is 0 Å². The summed E-state index contributed by atoms with van der Waals surface area (Å²) < 4.78 is 25.1. The summed E-state index contributed by atoms with van der Waals surface area (Å²) in [4.78, 5) is 2.72. The van der Waals surface area contributed by atoms with E-state index in [4.69, 9.17) is 0 Å². The number of nitrogens with one attached hydrogen (secondary N) is 2. The van der Waals surface area contributed by atoms with Gasteiger partial charge in [0.25, 0.3) is 10.0 Å². The molecule has 0 bridgehead atoms. The van der Waals surface area contributed by atoms with Crippen LogP contribution in [-0.2, 0) is 16.6 Å². The number of sulfonamides is 1. The minimum absolute atomic E-state index is 0.288. The van der Waals surface area contributed by atoms with Gasteiger partial charge in [-0.05, 0) is 37.2 Å². The van der Waals surface area contributed by atoms with Crippen molar-refractivity contribution >= 4 is 26.0 Å². The molecular formula is C11H18BrN3O2S. The van der Waals surface area contributed by atoms with Crippen LogP contribution in [0.25, 0.3) is 0 Å². The van der Waals surface area contributed by atoms with Crippen LogP contribution in [0.1, 0.15) is 11.1 Å². The Bertz CT molecular complexity index is 529. The van der Waals surface area contributed by atoms with Crippen LogP contribution >= 0.6 is 15.9 Å². The van der Waals surface area contributed by atoms with Gasteiger partial charge in [-0.2, -0.15) is 0 Å². The second kappa shape index (κ2) is 6.12. The van der Waals surface area contributed by atoms with E-state index in [0.717, 1.165) is 10.0 Å². The van der Waals surface area contributed by atoms with Crippen LogP contribution in [0.2, 0.25) is 0 Å². The minimum atomic E-state index is -3.54. The van der Waals surface area contributed by atoms with Crippen molar-refractivity contribution in [3.05, 3.63) is 27.7 Å². The zero-order valence-corrected chi connectivity index (χ0v) is 13.3. The lowest BCUT2D eigenvalue weighted by molar-refractivity contribution is 0.364. The third kappa shape index (κ3) is 3.76. The second-order valence-electron chi connectivity index (χ2n) is 4.22. The zero-order chi connectivity index (χ0) is 13.9. The highest BCUT2D eigenvalue weighted by Gasteiger charge is 2.19. The SMILES string of the molecule is CNCc1cc(Br)c(C)c(S(=O)(=O)NN(C)C)c1. The van der Waals surface area contributed by atoms with Gasteiger partial charge in [-0.15, -0.1) is 4.83 Å². The molecule has 2 N–H and O–H groups in total. The Morgan fingerprint density at radius 3 is 2.44 bits per heavy atom. The molecule has 0 atom stereocenters. The third-order valence-electron chi connectivity index (χ3n) is 2.33. The molecule has 0 fully saturated rings. The summed E-state index contributed by atoms with van der Waals surface area (Å²) in [5.74, 6) is 0. The van der Waals surface area contributed by atoms with E-state index < -0.39 is 10.0 Å². The zero-order valence-electron chi connectivity index (χ0n) is 10.9. The Morgan fingerprint density at radius 1 is 1.33 bits per heavy atom. The number of benzene rings is 1. The number of hydrogen-bond acceptors (Lipinski definition) is 4. The highest BCUT2D eigenvalue weighted by Crippen LogP contribution is 2.25. The highest BCUT2D eigenvalue weighted by atomic mass is 79.9. The molecule has 18 heavy (non-hydrogen) atoms. The number of hydrazine groups is 1. The summed E-state index contributed by atoms with van der Waals surface area (Å²) in [5, 5.41) is 4.41. The smallest absolute Gasteiger partial charge is 0.253 e. The van der Waals surface area contributed by atoms with Gasteiger partial charge in [0.1, 0.15) is 0 Å². The quantitative estimate of drug-likeness (QED) is 0.794. The molecule has 102 valence electrons. The summed E-state index contributed by atoms with van der Waals surface area (Å²) in [6.07, 6.45) is 0. The van der Waals surface area contributed by atoms with Crippen molar-refractivity contribution in [2.24, 2.45) is 0 Å². The van der Waals surface area contributed by atoms with Gasteiger partial charge in [0.05, 0.1) is 4.90 Å². The van der Waals surface area contributed by atoms with E-state index in [1.807, 2.05) is 13.1 Å². The first kappa shape index (κ1) is 15.6. The second-order valence-corrected chi connectivity index (χ2v) is 6.70. The lowest BCUT2D eigenvalue weighted by Gasteiger charge is -2.16. The Balaban J connectivity index is 3.30. The molecule has 1 rings (SSSR count). The number of hydrogen-bond donors (Lipinski definition) is 2. The molecule has 1 aromatic rings. The van der Waals surface area contributed by atoms with Crippen LogP contribution in [0.3, 0.4) is 0 Å². The van der Waals surface area contributed by atoms with Gasteiger partial charge >= 0.3 is 0 Å².